The molecule has 4 rings (SSSR count). The van der Waals surface area contributed by atoms with Crippen LogP contribution in [0.4, 0.5) is 4.79 Å². The lowest BCUT2D eigenvalue weighted by Gasteiger charge is -2.39. The number of carbonyl (C=O) groups excluding carboxylic acids is 2. The standard InChI is InChI=1S/C23H31N4O4S/c1-2-27-21(18-8-4-3-5-9-18)16-19(24-27)17-22(28)20-10-6-7-11-26(20)23(29)25-12-14-32(30,31)15-13-25/h3-5,8-9,20H,2,6-7,10-17H2,1H3/q+1/t20-/m0/s1. The number of amides is 2. The molecule has 0 radical (unpaired) electrons. The van der Waals surface area contributed by atoms with Gasteiger partial charge in [0.15, 0.2) is 22.2 Å². The largest absolute Gasteiger partial charge is 0.323 e. The molecule has 0 aromatic heterocycles. The summed E-state index contributed by atoms with van der Waals surface area (Å²) < 4.78 is 25.4. The number of piperidine rings is 1. The molecule has 32 heavy (non-hydrogen) atoms. The zero-order valence-corrected chi connectivity index (χ0v) is 19.4. The molecule has 1 atom stereocenters. The number of hydrazone groups is 1. The summed E-state index contributed by atoms with van der Waals surface area (Å²) >= 11 is 0. The fraction of sp³-hybridized carbons (Fsp3) is 0.565. The minimum Gasteiger partial charge on any atom is -0.323 e. The summed E-state index contributed by atoms with van der Waals surface area (Å²) in [5.41, 5.74) is 3.04. The first-order valence-corrected chi connectivity index (χ1v) is 13.2. The lowest BCUT2D eigenvalue weighted by atomic mass is 9.94. The van der Waals surface area contributed by atoms with Gasteiger partial charge in [-0.3, -0.25) is 4.79 Å². The second-order valence-corrected chi connectivity index (χ2v) is 10.9. The van der Waals surface area contributed by atoms with Crippen molar-refractivity contribution in [2.45, 2.75) is 45.1 Å². The van der Waals surface area contributed by atoms with Crippen molar-refractivity contribution < 1.29 is 22.7 Å². The lowest BCUT2D eigenvalue weighted by Crippen LogP contribution is -2.56. The van der Waals surface area contributed by atoms with Crippen LogP contribution in [0.1, 0.15) is 44.6 Å². The molecule has 2 saturated heterocycles. The Morgan fingerprint density at radius 1 is 1.09 bits per heavy atom. The first-order valence-electron chi connectivity index (χ1n) is 11.4. The van der Waals surface area contributed by atoms with Crippen molar-refractivity contribution in [3.05, 3.63) is 35.9 Å². The van der Waals surface area contributed by atoms with E-state index < -0.39 is 15.9 Å². The van der Waals surface area contributed by atoms with Crippen molar-refractivity contribution in [2.75, 3.05) is 37.7 Å². The van der Waals surface area contributed by atoms with Gasteiger partial charge in [0.05, 0.1) is 30.4 Å². The van der Waals surface area contributed by atoms with Gasteiger partial charge >= 0.3 is 6.03 Å². The zero-order valence-electron chi connectivity index (χ0n) is 18.6. The Morgan fingerprint density at radius 2 is 1.81 bits per heavy atom. The zero-order chi connectivity index (χ0) is 22.7. The number of benzene rings is 1. The number of hydrogen-bond donors (Lipinski definition) is 0. The summed E-state index contributed by atoms with van der Waals surface area (Å²) in [6, 6.07) is 9.41. The second kappa shape index (κ2) is 9.52. The third-order valence-corrected chi connectivity index (χ3v) is 8.07. The van der Waals surface area contributed by atoms with Gasteiger partial charge in [0, 0.05) is 25.2 Å². The predicted octanol–water partition coefficient (Wildman–Crippen LogP) is 1.93. The summed E-state index contributed by atoms with van der Waals surface area (Å²) in [6.45, 7) is 3.71. The summed E-state index contributed by atoms with van der Waals surface area (Å²) in [4.78, 5) is 29.6. The van der Waals surface area contributed by atoms with Crippen molar-refractivity contribution >= 4 is 33.1 Å². The Bertz CT molecular complexity index is 1040. The van der Waals surface area contributed by atoms with Gasteiger partial charge < -0.3 is 9.80 Å². The third-order valence-electron chi connectivity index (χ3n) is 6.47. The van der Waals surface area contributed by atoms with Crippen LogP contribution in [0.15, 0.2) is 35.4 Å². The van der Waals surface area contributed by atoms with Crippen LogP contribution in [0.5, 0.6) is 0 Å². The normalized spacial score (nSPS) is 23.3. The number of urea groups is 1. The number of carbonyl (C=O) groups is 2. The van der Waals surface area contributed by atoms with E-state index in [0.717, 1.165) is 36.4 Å². The minimum atomic E-state index is -3.06. The van der Waals surface area contributed by atoms with E-state index in [2.05, 4.69) is 17.2 Å². The highest BCUT2D eigenvalue weighted by molar-refractivity contribution is 7.91. The molecule has 8 nitrogen and oxygen atoms in total. The van der Waals surface area contributed by atoms with E-state index in [4.69, 9.17) is 0 Å². The molecule has 1 aromatic carbocycles. The second-order valence-electron chi connectivity index (χ2n) is 8.64. The molecule has 0 N–H and O–H groups in total. The van der Waals surface area contributed by atoms with Gasteiger partial charge in [0.25, 0.3) is 0 Å². The molecule has 172 valence electrons. The average Bonchev–Trinajstić information content (AvgIpc) is 3.22. The van der Waals surface area contributed by atoms with E-state index in [1.807, 2.05) is 29.8 Å². The van der Waals surface area contributed by atoms with Crippen molar-refractivity contribution in [2.24, 2.45) is 5.10 Å². The Morgan fingerprint density at radius 3 is 2.50 bits per heavy atom. The summed E-state index contributed by atoms with van der Waals surface area (Å²) in [5, 5.41) is 4.69. The smallest absolute Gasteiger partial charge is 0.320 e. The first kappa shape index (κ1) is 22.6. The Hall–Kier alpha value is -2.55. The molecule has 2 amide bonds. The molecular weight excluding hydrogens is 428 g/mol. The van der Waals surface area contributed by atoms with Gasteiger partial charge in [-0.25, -0.2) is 13.2 Å². The van der Waals surface area contributed by atoms with Crippen LogP contribution in [0.3, 0.4) is 0 Å². The highest BCUT2D eigenvalue weighted by Crippen LogP contribution is 2.23. The maximum atomic E-state index is 13.3. The van der Waals surface area contributed by atoms with Crippen LogP contribution in [-0.4, -0.2) is 89.9 Å². The van der Waals surface area contributed by atoms with Gasteiger partial charge in [0.2, 0.25) is 5.71 Å². The van der Waals surface area contributed by atoms with Crippen LogP contribution in [-0.2, 0) is 14.6 Å². The fourth-order valence-corrected chi connectivity index (χ4v) is 5.89. The van der Waals surface area contributed by atoms with Crippen molar-refractivity contribution in [1.29, 1.82) is 0 Å². The van der Waals surface area contributed by atoms with Gasteiger partial charge in [-0.05, 0) is 43.4 Å². The topological polar surface area (TPSA) is 90.1 Å². The molecule has 3 heterocycles. The highest BCUT2D eigenvalue weighted by atomic mass is 32.2. The number of nitrogens with zero attached hydrogens (tertiary/aromatic N) is 4. The molecule has 1 aromatic rings. The Balaban J connectivity index is 1.42. The minimum absolute atomic E-state index is 0.00700. The maximum absolute atomic E-state index is 13.3. The molecule has 0 bridgehead atoms. The third kappa shape index (κ3) is 4.92. The maximum Gasteiger partial charge on any atom is 0.320 e. The molecule has 0 saturated carbocycles. The number of rotatable bonds is 5. The number of sulfone groups is 1. The number of likely N-dealkylation sites (tertiary alicyclic amines) is 1. The molecule has 0 aliphatic carbocycles. The Labute approximate surface area is 189 Å². The quantitative estimate of drug-likeness (QED) is 0.630. The molecule has 0 unspecified atom stereocenters. The van der Waals surface area contributed by atoms with E-state index >= 15 is 0 Å². The molecular formula is C23H31N4O4S+. The average molecular weight is 460 g/mol. The van der Waals surface area contributed by atoms with E-state index in [1.54, 1.807) is 9.80 Å². The van der Waals surface area contributed by atoms with Gasteiger partial charge in [-0.1, -0.05) is 22.9 Å². The fourth-order valence-electron chi connectivity index (χ4n) is 4.69. The Kier molecular flexibility index (Phi) is 6.74. The van der Waals surface area contributed by atoms with E-state index in [-0.39, 0.29) is 42.8 Å². The lowest BCUT2D eigenvalue weighted by molar-refractivity contribution is -0.526. The molecule has 0 spiro atoms. The van der Waals surface area contributed by atoms with E-state index in [9.17, 15) is 18.0 Å². The molecule has 3 aliphatic heterocycles. The van der Waals surface area contributed by atoms with Crippen molar-refractivity contribution in [3.8, 4) is 0 Å². The monoisotopic (exact) mass is 459 g/mol. The first-order chi connectivity index (χ1) is 15.4. The van der Waals surface area contributed by atoms with Crippen LogP contribution in [0.2, 0.25) is 0 Å². The molecule has 9 heteroatoms. The van der Waals surface area contributed by atoms with Gasteiger partial charge in [-0.15, -0.1) is 0 Å². The number of ketones is 1. The summed E-state index contributed by atoms with van der Waals surface area (Å²) in [7, 11) is -3.06. The van der Waals surface area contributed by atoms with Crippen molar-refractivity contribution in [1.82, 2.24) is 9.80 Å². The molecule has 2 fully saturated rings. The van der Waals surface area contributed by atoms with E-state index in [1.165, 1.54) is 0 Å². The predicted molar refractivity (Wildman–Crippen MR) is 123 cm³/mol. The van der Waals surface area contributed by atoms with Gasteiger partial charge in [-0.2, -0.15) is 0 Å². The summed E-state index contributed by atoms with van der Waals surface area (Å²) in [5.74, 6) is 0.00619. The highest BCUT2D eigenvalue weighted by Gasteiger charge is 2.37. The van der Waals surface area contributed by atoms with Crippen LogP contribution in [0.25, 0.3) is 0 Å². The summed E-state index contributed by atoms with van der Waals surface area (Å²) in [6.07, 6.45) is 3.28. The molecule has 3 aliphatic rings. The van der Waals surface area contributed by atoms with Gasteiger partial charge in [0.1, 0.15) is 5.71 Å². The van der Waals surface area contributed by atoms with Crippen LogP contribution < -0.4 is 0 Å². The number of hydrogen-bond acceptors (Lipinski definition) is 5. The van der Waals surface area contributed by atoms with Crippen LogP contribution in [0, 0.1) is 0 Å². The van der Waals surface area contributed by atoms with Crippen molar-refractivity contribution in [3.63, 3.8) is 0 Å². The number of Topliss-reactive ketones (excluding diaryl/α,β-unsaturated/α-hetero) is 1. The van der Waals surface area contributed by atoms with Crippen LogP contribution >= 0.6 is 0 Å². The SMILES string of the molecule is CC[N+]1=C(c2ccccc2)CC(CC(=O)[C@@H]2CCCCN2C(=O)N2CCS(=O)(=O)CC2)=N1. The van der Waals surface area contributed by atoms with E-state index in [0.29, 0.717) is 19.4 Å².